The van der Waals surface area contributed by atoms with Gasteiger partial charge in [0, 0.05) is 19.2 Å². The Labute approximate surface area is 187 Å². The molecular weight excluding hydrogens is 412 g/mol. The average Bonchev–Trinajstić information content (AvgIpc) is 2.77. The standard InChI is InChI=1S/C24H28N2O6/c1-15-6-5-7-16(2)23(15)32-13-20(27)18-8-9-21-19(12-18)26(22(28)14-31-21)17(3)24(29)25-10-11-30-4/h5-9,12,17H,10-11,13-14H2,1-4H3,(H,25,29). The highest BCUT2D eigenvalue weighted by molar-refractivity contribution is 6.05. The van der Waals surface area contributed by atoms with E-state index < -0.39 is 6.04 Å². The summed E-state index contributed by atoms with van der Waals surface area (Å²) in [6.07, 6.45) is 0. The van der Waals surface area contributed by atoms with Gasteiger partial charge in [0.25, 0.3) is 5.91 Å². The first-order valence-corrected chi connectivity index (χ1v) is 10.4. The van der Waals surface area contributed by atoms with Gasteiger partial charge in [0.2, 0.25) is 5.91 Å². The monoisotopic (exact) mass is 440 g/mol. The van der Waals surface area contributed by atoms with Gasteiger partial charge in [-0.2, -0.15) is 0 Å². The van der Waals surface area contributed by atoms with Gasteiger partial charge in [-0.3, -0.25) is 19.3 Å². The summed E-state index contributed by atoms with van der Waals surface area (Å²) in [5, 5.41) is 2.73. The SMILES string of the molecule is COCCNC(=O)C(C)N1C(=O)COc2ccc(C(=O)COc3c(C)cccc3C)cc21. The van der Waals surface area contributed by atoms with E-state index in [0.717, 1.165) is 11.1 Å². The van der Waals surface area contributed by atoms with E-state index in [1.54, 1.807) is 32.2 Å². The first-order valence-electron chi connectivity index (χ1n) is 10.4. The van der Waals surface area contributed by atoms with Gasteiger partial charge in [0.1, 0.15) is 17.5 Å². The molecule has 0 aromatic heterocycles. The Kier molecular flexibility index (Phi) is 7.48. The lowest BCUT2D eigenvalue weighted by atomic mass is 10.1. The van der Waals surface area contributed by atoms with Crippen LogP contribution in [0.15, 0.2) is 36.4 Å². The minimum atomic E-state index is -0.779. The number of amides is 2. The molecule has 1 aliphatic heterocycles. The number of anilines is 1. The van der Waals surface area contributed by atoms with Crippen LogP contribution in [0.5, 0.6) is 11.5 Å². The van der Waals surface area contributed by atoms with Crippen molar-refractivity contribution in [3.63, 3.8) is 0 Å². The second-order valence-corrected chi connectivity index (χ2v) is 7.63. The molecule has 170 valence electrons. The van der Waals surface area contributed by atoms with Gasteiger partial charge in [-0.1, -0.05) is 18.2 Å². The number of ether oxygens (including phenoxy) is 3. The number of fused-ring (bicyclic) bond motifs is 1. The van der Waals surface area contributed by atoms with Crippen LogP contribution in [-0.2, 0) is 14.3 Å². The van der Waals surface area contributed by atoms with Crippen molar-refractivity contribution in [3.05, 3.63) is 53.1 Å². The smallest absolute Gasteiger partial charge is 0.265 e. The second kappa shape index (κ2) is 10.3. The summed E-state index contributed by atoms with van der Waals surface area (Å²) >= 11 is 0. The van der Waals surface area contributed by atoms with Crippen molar-refractivity contribution in [2.75, 3.05) is 38.4 Å². The predicted molar refractivity (Wildman–Crippen MR) is 120 cm³/mol. The highest BCUT2D eigenvalue weighted by Gasteiger charge is 2.33. The number of carbonyl (C=O) groups excluding carboxylic acids is 3. The highest BCUT2D eigenvalue weighted by atomic mass is 16.5. The summed E-state index contributed by atoms with van der Waals surface area (Å²) < 4.78 is 16.2. The fourth-order valence-electron chi connectivity index (χ4n) is 3.56. The van der Waals surface area contributed by atoms with Gasteiger partial charge in [-0.15, -0.1) is 0 Å². The van der Waals surface area contributed by atoms with Gasteiger partial charge < -0.3 is 19.5 Å². The number of aryl methyl sites for hydroxylation is 2. The molecule has 2 aromatic rings. The summed E-state index contributed by atoms with van der Waals surface area (Å²) in [7, 11) is 1.54. The van der Waals surface area contributed by atoms with E-state index in [0.29, 0.717) is 35.9 Å². The van der Waals surface area contributed by atoms with E-state index >= 15 is 0 Å². The minimum absolute atomic E-state index is 0.146. The summed E-state index contributed by atoms with van der Waals surface area (Å²) in [4.78, 5) is 39.3. The molecule has 0 bridgehead atoms. The second-order valence-electron chi connectivity index (χ2n) is 7.63. The Hall–Kier alpha value is -3.39. The fraction of sp³-hybridized carbons (Fsp3) is 0.375. The van der Waals surface area contributed by atoms with Crippen LogP contribution in [0.25, 0.3) is 0 Å². The molecule has 0 radical (unpaired) electrons. The third kappa shape index (κ3) is 5.08. The van der Waals surface area contributed by atoms with Crippen LogP contribution in [0.3, 0.4) is 0 Å². The first kappa shape index (κ1) is 23.3. The molecule has 2 aromatic carbocycles. The van der Waals surface area contributed by atoms with Gasteiger partial charge in [0.05, 0.1) is 12.3 Å². The third-order valence-corrected chi connectivity index (χ3v) is 5.29. The lowest BCUT2D eigenvalue weighted by molar-refractivity contribution is -0.127. The number of Topliss-reactive ketones (excluding diaryl/α,β-unsaturated/α-hetero) is 1. The van der Waals surface area contributed by atoms with Crippen molar-refractivity contribution in [1.29, 1.82) is 0 Å². The summed E-state index contributed by atoms with van der Waals surface area (Å²) in [5.41, 5.74) is 2.64. The number of nitrogens with zero attached hydrogens (tertiary/aromatic N) is 1. The maximum atomic E-state index is 12.8. The number of hydrogen-bond acceptors (Lipinski definition) is 6. The van der Waals surface area contributed by atoms with Crippen LogP contribution in [0.4, 0.5) is 5.69 Å². The third-order valence-electron chi connectivity index (χ3n) is 5.29. The quantitative estimate of drug-likeness (QED) is 0.476. The number of para-hydroxylation sites is 1. The first-order chi connectivity index (χ1) is 15.3. The lowest BCUT2D eigenvalue weighted by Crippen LogP contribution is -2.51. The molecule has 3 rings (SSSR count). The van der Waals surface area contributed by atoms with E-state index in [9.17, 15) is 14.4 Å². The van der Waals surface area contributed by atoms with Crippen molar-refractivity contribution in [3.8, 4) is 11.5 Å². The molecular formula is C24H28N2O6. The van der Waals surface area contributed by atoms with E-state index in [1.807, 2.05) is 32.0 Å². The topological polar surface area (TPSA) is 94.2 Å². The molecule has 1 unspecified atom stereocenters. The molecule has 8 heteroatoms. The Bertz CT molecular complexity index is 999. The predicted octanol–water partition coefficient (Wildman–Crippen LogP) is 2.44. The van der Waals surface area contributed by atoms with Crippen LogP contribution < -0.4 is 19.7 Å². The van der Waals surface area contributed by atoms with Gasteiger partial charge in [0.15, 0.2) is 19.0 Å². The zero-order valence-corrected chi connectivity index (χ0v) is 18.8. The largest absolute Gasteiger partial charge is 0.485 e. The van der Waals surface area contributed by atoms with Crippen LogP contribution in [0.1, 0.15) is 28.4 Å². The number of nitrogens with one attached hydrogen (secondary N) is 1. The minimum Gasteiger partial charge on any atom is -0.485 e. The Balaban J connectivity index is 1.79. The maximum absolute atomic E-state index is 12.8. The fourth-order valence-corrected chi connectivity index (χ4v) is 3.56. The molecule has 1 atom stereocenters. The normalized spacial score (nSPS) is 13.8. The molecule has 32 heavy (non-hydrogen) atoms. The maximum Gasteiger partial charge on any atom is 0.265 e. The Morgan fingerprint density at radius 3 is 2.59 bits per heavy atom. The van der Waals surface area contributed by atoms with E-state index in [-0.39, 0.29) is 30.8 Å². The van der Waals surface area contributed by atoms with Crippen molar-refractivity contribution in [2.24, 2.45) is 0 Å². The van der Waals surface area contributed by atoms with Gasteiger partial charge >= 0.3 is 0 Å². The molecule has 2 amide bonds. The van der Waals surface area contributed by atoms with Crippen molar-refractivity contribution in [2.45, 2.75) is 26.8 Å². The lowest BCUT2D eigenvalue weighted by Gasteiger charge is -2.33. The summed E-state index contributed by atoms with van der Waals surface area (Å²) in [6.45, 7) is 5.85. The summed E-state index contributed by atoms with van der Waals surface area (Å²) in [5.74, 6) is 0.195. The number of methoxy groups -OCH3 is 1. The molecule has 8 nitrogen and oxygen atoms in total. The van der Waals surface area contributed by atoms with Crippen LogP contribution in [0, 0.1) is 13.8 Å². The van der Waals surface area contributed by atoms with Crippen molar-refractivity contribution >= 4 is 23.3 Å². The Morgan fingerprint density at radius 1 is 1.19 bits per heavy atom. The summed E-state index contributed by atoms with van der Waals surface area (Å²) in [6, 6.07) is 9.83. The average molecular weight is 440 g/mol. The number of ketones is 1. The van der Waals surface area contributed by atoms with Crippen LogP contribution >= 0.6 is 0 Å². The number of hydrogen-bond donors (Lipinski definition) is 1. The molecule has 1 N–H and O–H groups in total. The molecule has 0 saturated carbocycles. The van der Waals surface area contributed by atoms with Gasteiger partial charge in [-0.05, 0) is 50.1 Å². The zero-order valence-electron chi connectivity index (χ0n) is 18.8. The zero-order chi connectivity index (χ0) is 23.3. The van der Waals surface area contributed by atoms with E-state index in [2.05, 4.69) is 5.32 Å². The van der Waals surface area contributed by atoms with Crippen molar-refractivity contribution < 1.29 is 28.6 Å². The molecule has 1 aliphatic rings. The molecule has 1 heterocycles. The number of carbonyl (C=O) groups is 3. The van der Waals surface area contributed by atoms with E-state index in [4.69, 9.17) is 14.2 Å². The Morgan fingerprint density at radius 2 is 1.91 bits per heavy atom. The van der Waals surface area contributed by atoms with E-state index in [1.165, 1.54) is 4.90 Å². The van der Waals surface area contributed by atoms with Gasteiger partial charge in [-0.25, -0.2) is 0 Å². The molecule has 0 saturated heterocycles. The molecule has 0 spiro atoms. The van der Waals surface area contributed by atoms with Crippen molar-refractivity contribution in [1.82, 2.24) is 5.32 Å². The van der Waals surface area contributed by atoms with Crippen LogP contribution in [0.2, 0.25) is 0 Å². The number of benzene rings is 2. The molecule has 0 aliphatic carbocycles. The van der Waals surface area contributed by atoms with Crippen LogP contribution in [-0.4, -0.2) is 57.1 Å². The molecule has 0 fully saturated rings. The highest BCUT2D eigenvalue weighted by Crippen LogP contribution is 2.34. The number of rotatable bonds is 9.